The van der Waals surface area contributed by atoms with Crippen molar-refractivity contribution in [1.29, 1.82) is 0 Å². The minimum absolute atomic E-state index is 0.134. The van der Waals surface area contributed by atoms with Gasteiger partial charge >= 0.3 is 23.9 Å². The Labute approximate surface area is 252 Å². The van der Waals surface area contributed by atoms with Crippen LogP contribution in [0.15, 0.2) is 5.16 Å². The monoisotopic (exact) mass is 626 g/mol. The summed E-state index contributed by atoms with van der Waals surface area (Å²) >= 11 is 0. The van der Waals surface area contributed by atoms with E-state index < -0.39 is 103 Å². The average molecular weight is 627 g/mol. The number of amides is 2. The van der Waals surface area contributed by atoms with Crippen LogP contribution in [0.25, 0.3) is 0 Å². The minimum atomic E-state index is -1.59. The lowest BCUT2D eigenvalue weighted by Crippen LogP contribution is -2.62. The zero-order chi connectivity index (χ0) is 32.5. The van der Waals surface area contributed by atoms with Crippen molar-refractivity contribution < 1.29 is 67.5 Å². The maximum absolute atomic E-state index is 13.2. The summed E-state index contributed by atoms with van der Waals surface area (Å²) in [4.78, 5) is 80.6. The molecule has 4 rings (SSSR count). The van der Waals surface area contributed by atoms with Gasteiger partial charge in [-0.05, 0) is 19.8 Å². The third-order valence-electron chi connectivity index (χ3n) is 8.41. The van der Waals surface area contributed by atoms with Crippen molar-refractivity contribution in [3.05, 3.63) is 0 Å². The molecule has 244 valence electrons. The van der Waals surface area contributed by atoms with Crippen molar-refractivity contribution in [3.8, 4) is 0 Å². The standard InChI is InChI=1S/C28H38N2O14/c1-6-30-26(37)16-8-7-15-17(9-18(35)22(36)20(15)21(16)27(30)38)29-44-28-25(42-14(5)34)24(41-13(4)33)23(40-12(3)32)19(43-28)10-39-11(2)31/h15-16,18-25,28,35-36H,6-10H2,1-5H3/t15-,16+,18+,19+,20-,21-,22+,23+,24-,25-,28-/m0/s1. The zero-order valence-corrected chi connectivity index (χ0v) is 25.1. The van der Waals surface area contributed by atoms with Gasteiger partial charge in [-0.2, -0.15) is 0 Å². The van der Waals surface area contributed by atoms with Gasteiger partial charge in [-0.15, -0.1) is 0 Å². The molecule has 4 fully saturated rings. The van der Waals surface area contributed by atoms with Crippen molar-refractivity contribution >= 4 is 41.4 Å². The van der Waals surface area contributed by atoms with Crippen LogP contribution in [-0.2, 0) is 57.3 Å². The van der Waals surface area contributed by atoms with Crippen molar-refractivity contribution in [2.45, 2.75) is 96.8 Å². The summed E-state index contributed by atoms with van der Waals surface area (Å²) < 4.78 is 27.1. The van der Waals surface area contributed by atoms with E-state index in [1.165, 1.54) is 0 Å². The Morgan fingerprint density at radius 2 is 1.45 bits per heavy atom. The van der Waals surface area contributed by atoms with E-state index in [1.54, 1.807) is 6.92 Å². The number of nitrogens with zero attached hydrogens (tertiary/aromatic N) is 2. The van der Waals surface area contributed by atoms with Crippen LogP contribution in [0, 0.1) is 23.7 Å². The maximum atomic E-state index is 13.2. The fraction of sp³-hybridized carbons (Fsp3) is 0.750. The Bertz CT molecular complexity index is 1200. The molecule has 2 amide bonds. The number of imide groups is 1. The van der Waals surface area contributed by atoms with E-state index in [2.05, 4.69) is 5.16 Å². The van der Waals surface area contributed by atoms with Gasteiger partial charge in [0.25, 0.3) is 6.29 Å². The second kappa shape index (κ2) is 13.6. The van der Waals surface area contributed by atoms with Crippen LogP contribution >= 0.6 is 0 Å². The fourth-order valence-corrected chi connectivity index (χ4v) is 6.74. The second-order valence-electron chi connectivity index (χ2n) is 11.3. The first-order chi connectivity index (χ1) is 20.7. The minimum Gasteiger partial charge on any atom is -0.463 e. The Morgan fingerprint density at radius 1 is 0.864 bits per heavy atom. The molecule has 2 aliphatic heterocycles. The van der Waals surface area contributed by atoms with Crippen LogP contribution in [0.4, 0.5) is 0 Å². The molecular formula is C28H38N2O14. The van der Waals surface area contributed by atoms with Crippen LogP contribution in [0.5, 0.6) is 0 Å². The highest BCUT2D eigenvalue weighted by molar-refractivity contribution is 6.06. The van der Waals surface area contributed by atoms with Gasteiger partial charge in [0.2, 0.25) is 17.9 Å². The van der Waals surface area contributed by atoms with Crippen LogP contribution in [0.1, 0.15) is 53.9 Å². The van der Waals surface area contributed by atoms with Gasteiger partial charge in [-0.25, -0.2) is 0 Å². The molecule has 0 aromatic carbocycles. The second-order valence-corrected chi connectivity index (χ2v) is 11.3. The molecule has 44 heavy (non-hydrogen) atoms. The molecule has 2 saturated heterocycles. The Morgan fingerprint density at radius 3 is 2.05 bits per heavy atom. The highest BCUT2D eigenvalue weighted by Gasteiger charge is 2.60. The summed E-state index contributed by atoms with van der Waals surface area (Å²) in [7, 11) is 0. The van der Waals surface area contributed by atoms with Crippen LogP contribution in [0.2, 0.25) is 0 Å². The van der Waals surface area contributed by atoms with E-state index in [0.29, 0.717) is 12.8 Å². The number of ether oxygens (including phenoxy) is 5. The molecule has 0 unspecified atom stereocenters. The van der Waals surface area contributed by atoms with Gasteiger partial charge in [0.15, 0.2) is 12.2 Å². The molecule has 16 nitrogen and oxygen atoms in total. The number of fused-ring (bicyclic) bond motifs is 3. The smallest absolute Gasteiger partial charge is 0.303 e. The summed E-state index contributed by atoms with van der Waals surface area (Å²) in [5.41, 5.74) is 0.273. The van der Waals surface area contributed by atoms with Gasteiger partial charge in [0.1, 0.15) is 12.7 Å². The number of likely N-dealkylation sites (tertiary alicyclic amines) is 1. The topological polar surface area (TPSA) is 214 Å². The molecule has 4 aliphatic rings. The molecule has 2 N–H and O–H groups in total. The molecule has 0 radical (unpaired) electrons. The summed E-state index contributed by atoms with van der Waals surface area (Å²) in [6, 6.07) is 0. The van der Waals surface area contributed by atoms with Crippen LogP contribution < -0.4 is 0 Å². The Hall–Kier alpha value is -3.63. The molecular weight excluding hydrogens is 588 g/mol. The third-order valence-corrected chi connectivity index (χ3v) is 8.41. The lowest BCUT2D eigenvalue weighted by Gasteiger charge is -2.46. The summed E-state index contributed by atoms with van der Waals surface area (Å²) in [6.07, 6.45) is -9.25. The first-order valence-electron chi connectivity index (χ1n) is 14.5. The number of hydrogen-bond donors (Lipinski definition) is 2. The number of aliphatic hydroxyl groups excluding tert-OH is 2. The van der Waals surface area contributed by atoms with Gasteiger partial charge in [-0.3, -0.25) is 33.7 Å². The number of aliphatic hydroxyl groups is 2. The number of esters is 4. The molecule has 0 aromatic heterocycles. The number of rotatable bonds is 8. The van der Waals surface area contributed by atoms with Gasteiger partial charge in [0.05, 0.1) is 29.8 Å². The first-order valence-corrected chi connectivity index (χ1v) is 14.5. The first kappa shape index (κ1) is 33.3. The van der Waals surface area contributed by atoms with E-state index in [0.717, 1.165) is 32.6 Å². The third kappa shape index (κ3) is 6.71. The molecule has 0 bridgehead atoms. The highest BCUT2D eigenvalue weighted by Crippen LogP contribution is 2.49. The molecule has 11 atom stereocenters. The predicted octanol–water partition coefficient (Wildman–Crippen LogP) is -0.785. The quantitative estimate of drug-likeness (QED) is 0.146. The maximum Gasteiger partial charge on any atom is 0.303 e. The van der Waals surface area contributed by atoms with E-state index in [4.69, 9.17) is 28.5 Å². The Balaban J connectivity index is 1.67. The summed E-state index contributed by atoms with van der Waals surface area (Å²) in [5.74, 6) is -6.66. The normalized spacial score (nSPS) is 37.5. The number of oxime groups is 1. The van der Waals surface area contributed by atoms with E-state index in [-0.39, 0.29) is 24.6 Å². The van der Waals surface area contributed by atoms with Crippen molar-refractivity contribution in [1.82, 2.24) is 4.90 Å². The average Bonchev–Trinajstić information content (AvgIpc) is 3.19. The van der Waals surface area contributed by atoms with Gasteiger partial charge in [0, 0.05) is 52.5 Å². The van der Waals surface area contributed by atoms with Crippen LogP contribution in [0.3, 0.4) is 0 Å². The lowest BCUT2D eigenvalue weighted by molar-refractivity contribution is -0.308. The van der Waals surface area contributed by atoms with E-state index >= 15 is 0 Å². The molecule has 0 spiro atoms. The molecule has 0 aromatic rings. The summed E-state index contributed by atoms with van der Waals surface area (Å²) in [5, 5.41) is 26.0. The fourth-order valence-electron chi connectivity index (χ4n) is 6.74. The largest absolute Gasteiger partial charge is 0.463 e. The molecule has 2 heterocycles. The highest BCUT2D eigenvalue weighted by atomic mass is 16.8. The Kier molecular flexibility index (Phi) is 10.3. The lowest BCUT2D eigenvalue weighted by atomic mass is 9.60. The van der Waals surface area contributed by atoms with E-state index in [1.807, 2.05) is 0 Å². The van der Waals surface area contributed by atoms with Crippen LogP contribution in [-0.4, -0.2) is 113 Å². The SMILES string of the molecule is CCN1C(=O)[C@@H]2[C@H]3[C@H](O)[C@H](O)CC(=NO[C@@H]4O[C@H](COC(C)=O)[C@@H](OC(C)=O)[C@H](OC(C)=O)[C@@H]4OC(C)=O)[C@@H]3CC[C@H]2C1=O. The zero-order valence-electron chi connectivity index (χ0n) is 25.1. The summed E-state index contributed by atoms with van der Waals surface area (Å²) in [6.45, 7) is 5.82. The number of hydrogen-bond acceptors (Lipinski definition) is 15. The predicted molar refractivity (Wildman–Crippen MR) is 143 cm³/mol. The number of carbonyl (C=O) groups excluding carboxylic acids is 6. The van der Waals surface area contributed by atoms with E-state index in [9.17, 15) is 39.0 Å². The van der Waals surface area contributed by atoms with Gasteiger partial charge in [-0.1, -0.05) is 5.16 Å². The number of carbonyl (C=O) groups is 6. The van der Waals surface area contributed by atoms with Gasteiger partial charge < -0.3 is 38.7 Å². The molecule has 2 saturated carbocycles. The molecule has 16 heteroatoms. The van der Waals surface area contributed by atoms with Crippen molar-refractivity contribution in [2.75, 3.05) is 13.2 Å². The molecule has 2 aliphatic carbocycles. The van der Waals surface area contributed by atoms with Crippen molar-refractivity contribution in [2.24, 2.45) is 28.8 Å². The van der Waals surface area contributed by atoms with Crippen molar-refractivity contribution in [3.63, 3.8) is 0 Å².